The predicted molar refractivity (Wildman–Crippen MR) is 364 cm³/mol. The highest BCUT2D eigenvalue weighted by Gasteiger charge is 2.52. The van der Waals surface area contributed by atoms with Gasteiger partial charge in [-0.1, -0.05) is 111 Å². The van der Waals surface area contributed by atoms with Crippen LogP contribution in [0.15, 0.2) is 0 Å². The lowest BCUT2D eigenvalue weighted by molar-refractivity contribution is -0.161. The molecule has 8 saturated carbocycles. The SMILES string of the molecule is C[C@@H]1COC(=O)[C@@H]2[C@@H]1CC[C@@H]2C.C[C@@H]1COC(=O)[C@@H]2[C@H]1CC[C@@H]2C.C[C@@H]1COC(=O)[C@H]2[C@@H]1CC[C@@H]2C.C[C@@H]1COC(=O)[C@H]2[C@H]1CC[C@@H]2C.C[C@H]1COC(=O)[C@@H]2[C@@H]1CC[C@@H]2C.C[C@H]1COC(=O)[C@@H]2[C@H]1CC[C@@H]2C.C[C@H]1COC(=O)[C@H]2[C@@H]1CC[C@@H]2C.C[C@H]1COC(=O)[C@H]2[C@H]1CC[C@@H]2C. The van der Waals surface area contributed by atoms with Crippen LogP contribution in [0.4, 0.5) is 0 Å². The van der Waals surface area contributed by atoms with Crippen LogP contribution in [-0.2, 0) is 76.3 Å². The van der Waals surface area contributed by atoms with E-state index in [1.807, 2.05) is 0 Å². The Morgan fingerprint density at radius 1 is 0.156 bits per heavy atom. The van der Waals surface area contributed by atoms with Gasteiger partial charge >= 0.3 is 47.8 Å². The number of carbonyl (C=O) groups excluding carboxylic acids is 8. The van der Waals surface area contributed by atoms with Gasteiger partial charge in [0.05, 0.1) is 100 Å². The van der Waals surface area contributed by atoms with Crippen LogP contribution in [0, 0.1) is 189 Å². The fourth-order valence-corrected chi connectivity index (χ4v) is 21.7. The molecule has 0 spiro atoms. The van der Waals surface area contributed by atoms with E-state index in [1.165, 1.54) is 103 Å². The van der Waals surface area contributed by atoms with Gasteiger partial charge in [-0.3, -0.25) is 38.4 Å². The zero-order valence-electron chi connectivity index (χ0n) is 62.0. The average Bonchev–Trinajstić information content (AvgIpc) is 1.90. The zero-order chi connectivity index (χ0) is 69.7. The first-order valence-corrected chi connectivity index (χ1v) is 38.9. The fraction of sp³-hybridized carbons (Fsp3) is 0.900. The standard InChI is InChI=1S/8C10H16O2/c8*1-6-3-4-8-7(2)5-12-10(11)9(6)8/h8*6-9H,3-5H2,1-2H3/t6-,7+,8+,9+;6-,7+,8+,9-;6-,7+,8-,9+;6-,7+,8-,9-;6-,7-,8+,9+;6-,7-,8+,9-;6-,7-,8-,9+;6-,7-,8-,9-/m00000000/s1. The monoisotopic (exact) mass is 1340 g/mol. The lowest BCUT2D eigenvalue weighted by Gasteiger charge is -2.31. The van der Waals surface area contributed by atoms with Crippen LogP contribution >= 0.6 is 0 Å². The van der Waals surface area contributed by atoms with Crippen molar-refractivity contribution in [2.75, 3.05) is 52.9 Å². The van der Waals surface area contributed by atoms with Gasteiger partial charge in [-0.05, 0) is 245 Å². The van der Waals surface area contributed by atoms with Crippen molar-refractivity contribution in [2.45, 2.75) is 214 Å². The van der Waals surface area contributed by atoms with Gasteiger partial charge in [0.2, 0.25) is 0 Å². The smallest absolute Gasteiger partial charge is 0.309 e. The molecule has 96 heavy (non-hydrogen) atoms. The van der Waals surface area contributed by atoms with Crippen LogP contribution in [0.1, 0.15) is 214 Å². The van der Waals surface area contributed by atoms with Gasteiger partial charge in [0, 0.05) is 0 Å². The minimum atomic E-state index is 0.0584. The Balaban J connectivity index is 0.000000129. The molecule has 16 aliphatic rings. The molecule has 16 heteroatoms. The zero-order valence-corrected chi connectivity index (χ0v) is 62.0. The summed E-state index contributed by atoms with van der Waals surface area (Å²) in [4.78, 5) is 91.3. The Kier molecular flexibility index (Phi) is 26.5. The largest absolute Gasteiger partial charge is 0.465 e. The Bertz CT molecular complexity index is 2130. The maximum atomic E-state index is 11.4. The molecule has 32 atom stereocenters. The van der Waals surface area contributed by atoms with E-state index in [0.717, 1.165) is 0 Å². The Morgan fingerprint density at radius 2 is 0.250 bits per heavy atom. The molecule has 0 aromatic carbocycles. The number of ether oxygens (including phenoxy) is 8. The van der Waals surface area contributed by atoms with E-state index >= 15 is 0 Å². The van der Waals surface area contributed by atoms with Gasteiger partial charge < -0.3 is 37.9 Å². The van der Waals surface area contributed by atoms with E-state index in [0.29, 0.717) is 195 Å². The lowest BCUT2D eigenvalue weighted by atomic mass is 9.81. The molecule has 0 amide bonds. The molecule has 8 aliphatic heterocycles. The number of fused-ring (bicyclic) bond motifs is 8. The van der Waals surface area contributed by atoms with Crippen molar-refractivity contribution in [3.05, 3.63) is 0 Å². The molecular formula is C80H128O16. The highest BCUT2D eigenvalue weighted by Crippen LogP contribution is 2.51. The molecule has 544 valence electrons. The van der Waals surface area contributed by atoms with Crippen LogP contribution in [-0.4, -0.2) is 101 Å². The van der Waals surface area contributed by atoms with Gasteiger partial charge in [-0.25, -0.2) is 0 Å². The Labute approximate surface area is 577 Å². The number of rotatable bonds is 0. The van der Waals surface area contributed by atoms with Crippen molar-refractivity contribution in [1.29, 1.82) is 0 Å². The molecule has 0 aromatic heterocycles. The van der Waals surface area contributed by atoms with Crippen LogP contribution in [0.3, 0.4) is 0 Å². The summed E-state index contributed by atoms with van der Waals surface area (Å²) in [5, 5.41) is 0. The number of cyclic esters (lactones) is 8. The molecule has 0 radical (unpaired) electrons. The Hall–Kier alpha value is -4.24. The molecule has 16 rings (SSSR count). The first-order valence-electron chi connectivity index (χ1n) is 38.9. The minimum Gasteiger partial charge on any atom is -0.465 e. The van der Waals surface area contributed by atoms with E-state index in [2.05, 4.69) is 111 Å². The summed E-state index contributed by atoms with van der Waals surface area (Å²) in [6, 6.07) is 0. The second-order valence-electron chi connectivity index (χ2n) is 34.8. The summed E-state index contributed by atoms with van der Waals surface area (Å²) in [6.07, 6.45) is 19.4. The van der Waals surface area contributed by atoms with E-state index in [1.54, 1.807) is 0 Å². The summed E-state index contributed by atoms with van der Waals surface area (Å²) in [6.45, 7) is 40.1. The number of carbonyl (C=O) groups is 8. The second kappa shape index (κ2) is 33.5. The van der Waals surface area contributed by atoms with Gasteiger partial charge in [0.1, 0.15) is 0 Å². The van der Waals surface area contributed by atoms with Crippen LogP contribution < -0.4 is 0 Å². The second-order valence-corrected chi connectivity index (χ2v) is 34.8. The third kappa shape index (κ3) is 17.0. The van der Waals surface area contributed by atoms with Crippen molar-refractivity contribution >= 4 is 47.8 Å². The van der Waals surface area contributed by atoms with E-state index in [4.69, 9.17) is 37.9 Å². The summed E-state index contributed by atoms with van der Waals surface area (Å²) in [5.74, 6) is 16.1. The van der Waals surface area contributed by atoms with Crippen molar-refractivity contribution in [3.63, 3.8) is 0 Å². The quantitative estimate of drug-likeness (QED) is 0.163. The summed E-state index contributed by atoms with van der Waals surface area (Å²) in [5.41, 5.74) is 0. The third-order valence-electron chi connectivity index (χ3n) is 28.2. The predicted octanol–water partition coefficient (Wildman–Crippen LogP) is 14.7. The first kappa shape index (κ1) is 76.0. The van der Waals surface area contributed by atoms with Crippen molar-refractivity contribution < 1.29 is 76.3 Å². The topological polar surface area (TPSA) is 210 Å². The summed E-state index contributed by atoms with van der Waals surface area (Å²) >= 11 is 0. The molecule has 0 N–H and O–H groups in total. The minimum absolute atomic E-state index is 0.0584. The lowest BCUT2D eigenvalue weighted by Crippen LogP contribution is -2.37. The van der Waals surface area contributed by atoms with Crippen LogP contribution in [0.25, 0.3) is 0 Å². The molecule has 8 heterocycles. The number of hydrogen-bond acceptors (Lipinski definition) is 16. The average molecular weight is 1350 g/mol. The van der Waals surface area contributed by atoms with Gasteiger partial charge in [-0.2, -0.15) is 0 Å². The van der Waals surface area contributed by atoms with Crippen molar-refractivity contribution in [1.82, 2.24) is 0 Å². The van der Waals surface area contributed by atoms with Crippen LogP contribution in [0.5, 0.6) is 0 Å². The maximum absolute atomic E-state index is 11.4. The molecular weight excluding hydrogens is 1220 g/mol. The van der Waals surface area contributed by atoms with Crippen molar-refractivity contribution in [2.24, 2.45) is 189 Å². The van der Waals surface area contributed by atoms with Crippen LogP contribution in [0.2, 0.25) is 0 Å². The Morgan fingerprint density at radius 3 is 0.333 bits per heavy atom. The highest BCUT2D eigenvalue weighted by atomic mass is 16.6. The fourth-order valence-electron chi connectivity index (χ4n) is 21.7. The van der Waals surface area contributed by atoms with Crippen molar-refractivity contribution in [3.8, 4) is 0 Å². The molecule has 0 unspecified atom stereocenters. The number of hydrogen-bond donors (Lipinski definition) is 0. The molecule has 16 nitrogen and oxygen atoms in total. The van der Waals surface area contributed by atoms with E-state index < -0.39 is 0 Å². The van der Waals surface area contributed by atoms with Gasteiger partial charge in [0.15, 0.2) is 0 Å². The number of esters is 8. The molecule has 8 aliphatic carbocycles. The molecule has 16 fully saturated rings. The van der Waals surface area contributed by atoms with Gasteiger partial charge in [-0.15, -0.1) is 0 Å². The molecule has 0 bridgehead atoms. The third-order valence-corrected chi connectivity index (χ3v) is 28.2. The van der Waals surface area contributed by atoms with E-state index in [-0.39, 0.29) is 95.1 Å². The summed E-state index contributed by atoms with van der Waals surface area (Å²) < 4.78 is 41.1. The van der Waals surface area contributed by atoms with Gasteiger partial charge in [0.25, 0.3) is 0 Å². The van der Waals surface area contributed by atoms with E-state index in [9.17, 15) is 38.4 Å². The molecule has 0 aromatic rings. The normalized spacial score (nSPS) is 47.0. The highest BCUT2D eigenvalue weighted by molar-refractivity contribution is 5.77. The summed E-state index contributed by atoms with van der Waals surface area (Å²) in [7, 11) is 0. The molecule has 8 saturated heterocycles. The first-order chi connectivity index (χ1) is 45.6. The maximum Gasteiger partial charge on any atom is 0.309 e.